The normalized spacial score (nSPS) is 24.0. The highest BCUT2D eigenvalue weighted by molar-refractivity contribution is 5.34. The number of nitrogens with zero attached hydrogens (tertiary/aromatic N) is 1. The lowest BCUT2D eigenvalue weighted by atomic mass is 10.2. The predicted octanol–water partition coefficient (Wildman–Crippen LogP) is 2.02. The molecule has 0 spiro atoms. The maximum Gasteiger partial charge on any atom is 0.187 e. The minimum absolute atomic E-state index is 0.139. The summed E-state index contributed by atoms with van der Waals surface area (Å²) in [6, 6.07) is 9.63. The molecule has 84 valence electrons. The number of benzene rings is 1. The van der Waals surface area contributed by atoms with Crippen molar-refractivity contribution < 1.29 is 14.2 Å². The number of para-hydroxylation sites is 1. The molecule has 0 amide bonds. The Balaban J connectivity index is 2.11. The standard InChI is InChI=1S/C12H13NO3/c1-14-11-5-3-2-4-10(11)12-15-8-9(16-12)6-7-13/h2-5,9,12H,6,8H2,1H3. The zero-order valence-corrected chi connectivity index (χ0v) is 9.05. The first-order chi connectivity index (χ1) is 7.85. The molecule has 0 saturated carbocycles. The maximum atomic E-state index is 8.57. The fourth-order valence-corrected chi connectivity index (χ4v) is 1.68. The van der Waals surface area contributed by atoms with Crippen LogP contribution in [0.25, 0.3) is 0 Å². The summed E-state index contributed by atoms with van der Waals surface area (Å²) in [5.41, 5.74) is 0.866. The Morgan fingerprint density at radius 3 is 3.06 bits per heavy atom. The van der Waals surface area contributed by atoms with Gasteiger partial charge in [0.1, 0.15) is 5.75 Å². The minimum atomic E-state index is -0.422. The van der Waals surface area contributed by atoms with E-state index in [1.54, 1.807) is 7.11 Å². The van der Waals surface area contributed by atoms with Gasteiger partial charge in [-0.1, -0.05) is 18.2 Å². The number of nitriles is 1. The molecule has 4 nitrogen and oxygen atoms in total. The van der Waals surface area contributed by atoms with E-state index in [9.17, 15) is 0 Å². The van der Waals surface area contributed by atoms with Crippen LogP contribution < -0.4 is 4.74 Å². The summed E-state index contributed by atoms with van der Waals surface area (Å²) in [5.74, 6) is 0.741. The summed E-state index contributed by atoms with van der Waals surface area (Å²) >= 11 is 0. The molecule has 16 heavy (non-hydrogen) atoms. The topological polar surface area (TPSA) is 51.5 Å². The van der Waals surface area contributed by atoms with Gasteiger partial charge in [-0.25, -0.2) is 0 Å². The highest BCUT2D eigenvalue weighted by Gasteiger charge is 2.28. The van der Waals surface area contributed by atoms with E-state index in [0.717, 1.165) is 11.3 Å². The summed E-state index contributed by atoms with van der Waals surface area (Å²) < 4.78 is 16.3. The maximum absolute atomic E-state index is 8.57. The molecular weight excluding hydrogens is 206 g/mol. The first-order valence-corrected chi connectivity index (χ1v) is 5.12. The second-order valence-corrected chi connectivity index (χ2v) is 3.53. The molecule has 1 aliphatic heterocycles. The number of rotatable bonds is 3. The fourth-order valence-electron chi connectivity index (χ4n) is 1.68. The van der Waals surface area contributed by atoms with Crippen molar-refractivity contribution in [3.8, 4) is 11.8 Å². The minimum Gasteiger partial charge on any atom is -0.496 e. The molecule has 1 saturated heterocycles. The Morgan fingerprint density at radius 2 is 2.31 bits per heavy atom. The first kappa shape index (κ1) is 10.9. The highest BCUT2D eigenvalue weighted by Crippen LogP contribution is 2.33. The molecule has 2 unspecified atom stereocenters. The Bertz CT molecular complexity index is 399. The number of ether oxygens (including phenoxy) is 3. The Hall–Kier alpha value is -1.57. The van der Waals surface area contributed by atoms with Crippen molar-refractivity contribution in [3.63, 3.8) is 0 Å². The van der Waals surface area contributed by atoms with Crippen LogP contribution in [0.3, 0.4) is 0 Å². The molecule has 0 radical (unpaired) electrons. The van der Waals surface area contributed by atoms with Crippen LogP contribution in [0, 0.1) is 11.3 Å². The second kappa shape index (κ2) is 4.97. The molecular formula is C12H13NO3. The van der Waals surface area contributed by atoms with Crippen LogP contribution in [-0.2, 0) is 9.47 Å². The van der Waals surface area contributed by atoms with Gasteiger partial charge in [0, 0.05) is 5.56 Å². The van der Waals surface area contributed by atoms with Crippen LogP contribution >= 0.6 is 0 Å². The molecule has 4 heteroatoms. The van der Waals surface area contributed by atoms with Gasteiger partial charge in [-0.05, 0) is 6.07 Å². The molecule has 1 aliphatic rings. The fraction of sp³-hybridized carbons (Fsp3) is 0.417. The van der Waals surface area contributed by atoms with Gasteiger partial charge in [0.15, 0.2) is 6.29 Å². The van der Waals surface area contributed by atoms with E-state index in [0.29, 0.717) is 13.0 Å². The summed E-state index contributed by atoms with van der Waals surface area (Å²) in [7, 11) is 1.61. The van der Waals surface area contributed by atoms with Gasteiger partial charge in [-0.3, -0.25) is 0 Å². The smallest absolute Gasteiger partial charge is 0.187 e. The predicted molar refractivity (Wildman–Crippen MR) is 56.8 cm³/mol. The third-order valence-corrected chi connectivity index (χ3v) is 2.46. The van der Waals surface area contributed by atoms with Crippen LogP contribution in [0.5, 0.6) is 5.75 Å². The van der Waals surface area contributed by atoms with E-state index < -0.39 is 6.29 Å². The molecule has 1 aromatic carbocycles. The van der Waals surface area contributed by atoms with Gasteiger partial charge in [0.05, 0.1) is 32.3 Å². The third kappa shape index (κ3) is 2.16. The van der Waals surface area contributed by atoms with Crippen LogP contribution in [0.1, 0.15) is 18.3 Å². The van der Waals surface area contributed by atoms with Crippen molar-refractivity contribution in [2.75, 3.05) is 13.7 Å². The summed E-state index contributed by atoms with van der Waals surface area (Å²) in [6.45, 7) is 0.455. The lowest BCUT2D eigenvalue weighted by molar-refractivity contribution is -0.0604. The van der Waals surface area contributed by atoms with Gasteiger partial charge in [-0.15, -0.1) is 0 Å². The largest absolute Gasteiger partial charge is 0.496 e. The molecule has 1 heterocycles. The third-order valence-electron chi connectivity index (χ3n) is 2.46. The quantitative estimate of drug-likeness (QED) is 0.780. The van der Waals surface area contributed by atoms with E-state index in [4.69, 9.17) is 19.5 Å². The van der Waals surface area contributed by atoms with Crippen LogP contribution in [-0.4, -0.2) is 19.8 Å². The van der Waals surface area contributed by atoms with Crippen molar-refractivity contribution in [3.05, 3.63) is 29.8 Å². The van der Waals surface area contributed by atoms with Crippen molar-refractivity contribution in [2.45, 2.75) is 18.8 Å². The van der Waals surface area contributed by atoms with E-state index in [2.05, 4.69) is 6.07 Å². The monoisotopic (exact) mass is 219 g/mol. The second-order valence-electron chi connectivity index (χ2n) is 3.53. The first-order valence-electron chi connectivity index (χ1n) is 5.12. The molecule has 0 aliphatic carbocycles. The van der Waals surface area contributed by atoms with E-state index in [1.807, 2.05) is 24.3 Å². The summed E-state index contributed by atoms with van der Waals surface area (Å²) in [4.78, 5) is 0. The lowest BCUT2D eigenvalue weighted by Gasteiger charge is -2.13. The van der Waals surface area contributed by atoms with Crippen LogP contribution in [0.4, 0.5) is 0 Å². The molecule has 0 N–H and O–H groups in total. The van der Waals surface area contributed by atoms with Gasteiger partial charge >= 0.3 is 0 Å². The molecule has 2 rings (SSSR count). The molecule has 1 aromatic rings. The SMILES string of the molecule is COc1ccccc1C1OCC(CC#N)O1. The van der Waals surface area contributed by atoms with Gasteiger partial charge < -0.3 is 14.2 Å². The summed E-state index contributed by atoms with van der Waals surface area (Å²) in [6.07, 6.45) is -0.208. The Kier molecular flexibility index (Phi) is 3.40. The Labute approximate surface area is 94.3 Å². The highest BCUT2D eigenvalue weighted by atomic mass is 16.7. The van der Waals surface area contributed by atoms with Crippen molar-refractivity contribution in [2.24, 2.45) is 0 Å². The van der Waals surface area contributed by atoms with Crippen molar-refractivity contribution >= 4 is 0 Å². The molecule has 2 atom stereocenters. The van der Waals surface area contributed by atoms with Crippen LogP contribution in [0.2, 0.25) is 0 Å². The average Bonchev–Trinajstić information content (AvgIpc) is 2.78. The molecule has 0 aromatic heterocycles. The lowest BCUT2D eigenvalue weighted by Crippen LogP contribution is -2.08. The van der Waals surface area contributed by atoms with Crippen molar-refractivity contribution in [1.29, 1.82) is 5.26 Å². The summed E-state index contributed by atoms with van der Waals surface area (Å²) in [5, 5.41) is 8.57. The number of methoxy groups -OCH3 is 1. The zero-order chi connectivity index (χ0) is 11.4. The number of hydrogen-bond donors (Lipinski definition) is 0. The van der Waals surface area contributed by atoms with Gasteiger partial charge in [0.2, 0.25) is 0 Å². The van der Waals surface area contributed by atoms with Gasteiger partial charge in [-0.2, -0.15) is 5.26 Å². The van der Waals surface area contributed by atoms with E-state index >= 15 is 0 Å². The van der Waals surface area contributed by atoms with Crippen molar-refractivity contribution in [1.82, 2.24) is 0 Å². The van der Waals surface area contributed by atoms with Crippen LogP contribution in [0.15, 0.2) is 24.3 Å². The average molecular weight is 219 g/mol. The molecule has 0 bridgehead atoms. The van der Waals surface area contributed by atoms with E-state index in [1.165, 1.54) is 0 Å². The van der Waals surface area contributed by atoms with Gasteiger partial charge in [0.25, 0.3) is 0 Å². The Morgan fingerprint density at radius 1 is 1.50 bits per heavy atom. The van der Waals surface area contributed by atoms with E-state index in [-0.39, 0.29) is 6.10 Å². The molecule has 1 fully saturated rings. The zero-order valence-electron chi connectivity index (χ0n) is 9.05. The number of hydrogen-bond acceptors (Lipinski definition) is 4.